The molecule has 29 heavy (non-hydrogen) atoms. The van der Waals surface area contributed by atoms with E-state index in [0.29, 0.717) is 16.3 Å². The molecule has 4 nitrogen and oxygen atoms in total. The highest BCUT2D eigenvalue weighted by Gasteiger charge is 2.37. The van der Waals surface area contributed by atoms with Gasteiger partial charge in [-0.25, -0.2) is 9.18 Å². The second-order valence-corrected chi connectivity index (χ2v) is 6.70. The van der Waals surface area contributed by atoms with Crippen LogP contribution in [0.2, 0.25) is 5.02 Å². The van der Waals surface area contributed by atoms with E-state index in [0.717, 1.165) is 11.1 Å². The van der Waals surface area contributed by atoms with Gasteiger partial charge in [-0.3, -0.25) is 4.98 Å². The topological polar surface area (TPSA) is 51.2 Å². The van der Waals surface area contributed by atoms with Crippen LogP contribution in [-0.2, 0) is 4.74 Å². The van der Waals surface area contributed by atoms with Gasteiger partial charge in [0.1, 0.15) is 11.9 Å². The minimum Gasteiger partial charge on any atom is -0.439 e. The number of carbonyl (C=O) groups excluding carboxylic acids is 1. The van der Waals surface area contributed by atoms with Gasteiger partial charge in [-0.2, -0.15) is 0 Å². The van der Waals surface area contributed by atoms with Crippen molar-refractivity contribution in [3.05, 3.63) is 101 Å². The Kier molecular flexibility index (Phi) is 6.48. The number of ether oxygens (including phenoxy) is 1. The predicted molar refractivity (Wildman–Crippen MR) is 111 cm³/mol. The van der Waals surface area contributed by atoms with Crippen LogP contribution in [0.4, 0.5) is 9.18 Å². The summed E-state index contributed by atoms with van der Waals surface area (Å²) in [6.45, 7) is 5.48. The lowest BCUT2D eigenvalue weighted by Gasteiger charge is -2.17. The van der Waals surface area contributed by atoms with Crippen molar-refractivity contribution in [3.8, 4) is 11.8 Å². The van der Waals surface area contributed by atoms with Crippen LogP contribution in [0.25, 0.3) is 0 Å². The molecule has 2 unspecified atom stereocenters. The zero-order chi connectivity index (χ0) is 20.8. The molecule has 0 aliphatic carbocycles. The molecule has 3 rings (SSSR count). The zero-order valence-electron chi connectivity index (χ0n) is 15.7. The smallest absolute Gasteiger partial charge is 0.408 e. The summed E-state index contributed by atoms with van der Waals surface area (Å²) in [5.41, 5.74) is 2.52. The Morgan fingerprint density at radius 2 is 2.03 bits per heavy atom. The summed E-state index contributed by atoms with van der Waals surface area (Å²) >= 11 is 5.98. The van der Waals surface area contributed by atoms with Gasteiger partial charge in [0.15, 0.2) is 6.10 Å². The van der Waals surface area contributed by atoms with E-state index >= 15 is 0 Å². The van der Waals surface area contributed by atoms with Crippen molar-refractivity contribution < 1.29 is 13.9 Å². The number of nitrogens with one attached hydrogen (secondary N) is 1. The molecule has 1 aromatic heterocycles. The first-order valence-corrected chi connectivity index (χ1v) is 9.23. The fraction of sp³-hybridized carbons (Fsp3) is 0.130. The highest BCUT2D eigenvalue weighted by atomic mass is 35.5. The van der Waals surface area contributed by atoms with Crippen LogP contribution < -0.4 is 5.32 Å². The van der Waals surface area contributed by atoms with E-state index < -0.39 is 24.1 Å². The van der Waals surface area contributed by atoms with Crippen LogP contribution in [0.15, 0.2) is 78.8 Å². The van der Waals surface area contributed by atoms with Crippen LogP contribution >= 0.6 is 11.6 Å². The van der Waals surface area contributed by atoms with Crippen molar-refractivity contribution in [2.24, 2.45) is 0 Å². The maximum Gasteiger partial charge on any atom is 0.408 e. The summed E-state index contributed by atoms with van der Waals surface area (Å²) in [7, 11) is 0. The van der Waals surface area contributed by atoms with Crippen molar-refractivity contribution in [1.82, 2.24) is 10.3 Å². The van der Waals surface area contributed by atoms with Crippen molar-refractivity contribution in [3.63, 3.8) is 0 Å². The number of aromatic nitrogens is 1. The fourth-order valence-corrected chi connectivity index (χ4v) is 2.91. The van der Waals surface area contributed by atoms with E-state index in [2.05, 4.69) is 28.7 Å². The fourth-order valence-electron chi connectivity index (χ4n) is 2.72. The van der Waals surface area contributed by atoms with Gasteiger partial charge in [-0.05, 0) is 48.9 Å². The SMILES string of the molecule is C=C(C=CC(F)=CC)C1OC(=O)NC1c1cc(C#Cc2cccc(Cl)c2)ccn1. The summed E-state index contributed by atoms with van der Waals surface area (Å²) < 4.78 is 18.7. The number of amides is 1. The molecule has 0 spiro atoms. The molecule has 0 bridgehead atoms. The van der Waals surface area contributed by atoms with Crippen LogP contribution in [-0.4, -0.2) is 17.2 Å². The average molecular weight is 409 g/mol. The first-order valence-electron chi connectivity index (χ1n) is 8.85. The van der Waals surface area contributed by atoms with Gasteiger partial charge in [0, 0.05) is 22.3 Å². The van der Waals surface area contributed by atoms with E-state index in [4.69, 9.17) is 16.3 Å². The highest BCUT2D eigenvalue weighted by molar-refractivity contribution is 6.30. The number of pyridine rings is 1. The van der Waals surface area contributed by atoms with E-state index in [1.54, 1.807) is 37.4 Å². The monoisotopic (exact) mass is 408 g/mol. The first-order chi connectivity index (χ1) is 14.0. The maximum atomic E-state index is 13.4. The quantitative estimate of drug-likeness (QED) is 0.553. The van der Waals surface area contributed by atoms with Gasteiger partial charge in [0.2, 0.25) is 0 Å². The van der Waals surface area contributed by atoms with Crippen LogP contribution in [0, 0.1) is 11.8 Å². The van der Waals surface area contributed by atoms with Crippen molar-refractivity contribution in [1.29, 1.82) is 0 Å². The molecule has 2 atom stereocenters. The Morgan fingerprint density at radius 1 is 1.28 bits per heavy atom. The third-order valence-corrected chi connectivity index (χ3v) is 4.42. The van der Waals surface area contributed by atoms with Gasteiger partial charge in [0.05, 0.1) is 5.69 Å². The molecule has 1 amide bonds. The van der Waals surface area contributed by atoms with E-state index in [1.165, 1.54) is 18.2 Å². The first kappa shape index (κ1) is 20.4. The van der Waals surface area contributed by atoms with Gasteiger partial charge >= 0.3 is 6.09 Å². The molecule has 146 valence electrons. The molecule has 1 fully saturated rings. The number of cyclic esters (lactones) is 1. The number of carbonyl (C=O) groups is 1. The molecule has 0 radical (unpaired) electrons. The van der Waals surface area contributed by atoms with Crippen LogP contribution in [0.5, 0.6) is 0 Å². The summed E-state index contributed by atoms with van der Waals surface area (Å²) in [6.07, 6.45) is 4.40. The second kappa shape index (κ2) is 9.22. The van der Waals surface area contributed by atoms with Crippen molar-refractivity contribution in [2.75, 3.05) is 0 Å². The van der Waals surface area contributed by atoms with Gasteiger partial charge in [-0.1, -0.05) is 48.2 Å². The predicted octanol–water partition coefficient (Wildman–Crippen LogP) is 5.27. The van der Waals surface area contributed by atoms with Crippen LogP contribution in [0.1, 0.15) is 29.8 Å². The second-order valence-electron chi connectivity index (χ2n) is 6.26. The minimum atomic E-state index is -0.702. The number of halogens is 2. The third-order valence-electron chi connectivity index (χ3n) is 4.18. The number of alkyl carbamates (subject to hydrolysis) is 1. The Bertz CT molecular complexity index is 1070. The number of benzene rings is 1. The Hall–Kier alpha value is -3.36. The zero-order valence-corrected chi connectivity index (χ0v) is 16.4. The lowest BCUT2D eigenvalue weighted by atomic mass is 9.99. The number of allylic oxidation sites excluding steroid dienone is 3. The number of hydrogen-bond acceptors (Lipinski definition) is 3. The summed E-state index contributed by atoms with van der Waals surface area (Å²) in [6, 6.07) is 10.2. The van der Waals surface area contributed by atoms with Crippen molar-refractivity contribution in [2.45, 2.75) is 19.1 Å². The molecule has 0 saturated carbocycles. The van der Waals surface area contributed by atoms with Gasteiger partial charge in [0.25, 0.3) is 0 Å². The highest BCUT2D eigenvalue weighted by Crippen LogP contribution is 2.29. The Labute approximate surface area is 173 Å². The third kappa shape index (κ3) is 5.34. The molecule has 1 aromatic carbocycles. The standard InChI is InChI=1S/C23H18ClFN2O2/c1-3-19(25)10-7-15(2)22-21(27-23(28)29-22)20-14-17(11-12-26-20)9-8-16-5-4-6-18(24)13-16/h3-7,10-14,21-22H,2H2,1H3,(H,27,28). The van der Waals surface area contributed by atoms with Gasteiger partial charge in [-0.15, -0.1) is 0 Å². The molecular formula is C23H18ClFN2O2. The van der Waals surface area contributed by atoms with Crippen LogP contribution in [0.3, 0.4) is 0 Å². The Morgan fingerprint density at radius 3 is 2.76 bits per heavy atom. The molecule has 1 saturated heterocycles. The largest absolute Gasteiger partial charge is 0.439 e. The summed E-state index contributed by atoms with van der Waals surface area (Å²) in [5.74, 6) is 5.70. The van der Waals surface area contributed by atoms with Crippen molar-refractivity contribution >= 4 is 17.7 Å². The molecule has 1 aliphatic rings. The molecule has 1 N–H and O–H groups in total. The molecule has 2 heterocycles. The van der Waals surface area contributed by atoms with E-state index in [-0.39, 0.29) is 0 Å². The lowest BCUT2D eigenvalue weighted by molar-refractivity contribution is 0.150. The number of rotatable bonds is 4. The van der Waals surface area contributed by atoms with Gasteiger partial charge < -0.3 is 10.1 Å². The maximum absolute atomic E-state index is 13.4. The average Bonchev–Trinajstić information content (AvgIpc) is 3.12. The molecule has 1 aliphatic heterocycles. The molecular weight excluding hydrogens is 391 g/mol. The van der Waals surface area contributed by atoms with E-state index in [1.807, 2.05) is 12.1 Å². The summed E-state index contributed by atoms with van der Waals surface area (Å²) in [4.78, 5) is 16.1. The summed E-state index contributed by atoms with van der Waals surface area (Å²) in [5, 5.41) is 3.33. The Balaban J connectivity index is 1.84. The van der Waals surface area contributed by atoms with E-state index in [9.17, 15) is 9.18 Å². The number of hydrogen-bond donors (Lipinski definition) is 1. The number of nitrogens with zero attached hydrogens (tertiary/aromatic N) is 1. The molecule has 6 heteroatoms. The minimum absolute atomic E-state index is 0.406. The molecule has 2 aromatic rings. The normalized spacial score (nSPS) is 18.7. The lowest BCUT2D eigenvalue weighted by Crippen LogP contribution is -2.24.